The van der Waals surface area contributed by atoms with Crippen molar-refractivity contribution in [2.24, 2.45) is 5.92 Å². The van der Waals surface area contributed by atoms with Crippen LogP contribution in [-0.2, 0) is 16.2 Å². The molecule has 0 bridgehead atoms. The van der Waals surface area contributed by atoms with Gasteiger partial charge in [-0.05, 0) is 73.8 Å². The van der Waals surface area contributed by atoms with Crippen LogP contribution in [0.3, 0.4) is 0 Å². The minimum atomic E-state index is -4.37. The van der Waals surface area contributed by atoms with Gasteiger partial charge in [0.25, 0.3) is 0 Å². The molecule has 0 spiro atoms. The second-order valence-corrected chi connectivity index (χ2v) is 10.4. The van der Waals surface area contributed by atoms with Gasteiger partial charge in [0.05, 0.1) is 18.4 Å². The van der Waals surface area contributed by atoms with Gasteiger partial charge in [-0.3, -0.25) is 4.72 Å². The predicted octanol–water partition coefficient (Wildman–Crippen LogP) is 5.36. The Kier molecular flexibility index (Phi) is 8.28. The van der Waals surface area contributed by atoms with Crippen molar-refractivity contribution >= 4 is 15.7 Å². The van der Waals surface area contributed by atoms with Gasteiger partial charge >= 0.3 is 6.18 Å². The summed E-state index contributed by atoms with van der Waals surface area (Å²) in [6.07, 6.45) is -0.0967. The minimum Gasteiger partial charge on any atom is -0.493 e. The number of rotatable bonds is 9. The number of nitrogens with zero attached hydrogens (tertiary/aromatic N) is 1. The molecule has 5 nitrogen and oxygen atoms in total. The van der Waals surface area contributed by atoms with Crippen molar-refractivity contribution in [3.05, 3.63) is 59.7 Å². The lowest BCUT2D eigenvalue weighted by molar-refractivity contribution is -0.137. The van der Waals surface area contributed by atoms with Crippen molar-refractivity contribution in [2.75, 3.05) is 37.2 Å². The lowest BCUT2D eigenvalue weighted by Crippen LogP contribution is -2.42. The number of hydrogen-bond acceptors (Lipinski definition) is 4. The fourth-order valence-corrected chi connectivity index (χ4v) is 4.82. The molecular weight excluding hydrogens is 453 g/mol. The van der Waals surface area contributed by atoms with Gasteiger partial charge < -0.3 is 9.64 Å². The van der Waals surface area contributed by atoms with Gasteiger partial charge in [-0.25, -0.2) is 8.42 Å². The molecule has 2 aromatic rings. The third-order valence-corrected chi connectivity index (χ3v) is 6.54. The summed E-state index contributed by atoms with van der Waals surface area (Å²) in [5.41, 5.74) is 0.920. The molecule has 0 radical (unpaired) electrons. The van der Waals surface area contributed by atoms with E-state index in [-0.39, 0.29) is 11.8 Å². The van der Waals surface area contributed by atoms with Crippen LogP contribution in [0.15, 0.2) is 48.5 Å². The second-order valence-electron chi connectivity index (χ2n) is 8.64. The van der Waals surface area contributed by atoms with Crippen LogP contribution in [0.5, 0.6) is 5.75 Å². The summed E-state index contributed by atoms with van der Waals surface area (Å²) >= 11 is 0. The van der Waals surface area contributed by atoms with Crippen LogP contribution < -0.4 is 9.46 Å². The summed E-state index contributed by atoms with van der Waals surface area (Å²) in [6.45, 7) is 5.36. The van der Waals surface area contributed by atoms with E-state index in [4.69, 9.17) is 4.74 Å². The van der Waals surface area contributed by atoms with Crippen LogP contribution in [0, 0.1) is 5.92 Å². The van der Waals surface area contributed by atoms with Gasteiger partial charge in [-0.15, -0.1) is 0 Å². The van der Waals surface area contributed by atoms with E-state index in [1.54, 1.807) is 12.1 Å². The van der Waals surface area contributed by atoms with Crippen LogP contribution >= 0.6 is 0 Å². The van der Waals surface area contributed by atoms with E-state index < -0.39 is 21.8 Å². The van der Waals surface area contributed by atoms with Crippen LogP contribution in [0.25, 0.3) is 0 Å². The molecule has 0 aliphatic carbocycles. The number of halogens is 3. The molecule has 1 N–H and O–H groups in total. The molecule has 1 saturated heterocycles. The third-order valence-electron chi connectivity index (χ3n) is 5.93. The Balaban J connectivity index is 1.71. The van der Waals surface area contributed by atoms with Crippen molar-refractivity contribution in [1.82, 2.24) is 4.90 Å². The average molecular weight is 485 g/mol. The highest BCUT2D eigenvalue weighted by Gasteiger charge is 2.32. The van der Waals surface area contributed by atoms with Crippen LogP contribution in [0.4, 0.5) is 18.9 Å². The van der Waals surface area contributed by atoms with E-state index in [9.17, 15) is 21.6 Å². The maximum Gasteiger partial charge on any atom is 0.416 e. The third kappa shape index (κ3) is 7.64. The smallest absolute Gasteiger partial charge is 0.416 e. The standard InChI is InChI=1S/C24H31F3N2O3S/c1-3-4-14-29-15-13-23(18-5-9-21(10-6-18)28-33(2,30)31)19(16-29)17-32-22-11-7-20(8-12-22)24(25,26)27/h5-12,19,23,28H,3-4,13-17H2,1-2H3/t19-,23-/m1/s1. The molecule has 1 heterocycles. The topological polar surface area (TPSA) is 58.6 Å². The average Bonchev–Trinajstić information content (AvgIpc) is 2.75. The Hall–Kier alpha value is -2.26. The van der Waals surface area contributed by atoms with Crippen molar-refractivity contribution in [3.63, 3.8) is 0 Å². The van der Waals surface area contributed by atoms with Crippen LogP contribution in [0.2, 0.25) is 0 Å². The Morgan fingerprint density at radius 1 is 1.09 bits per heavy atom. The van der Waals surface area contributed by atoms with Gasteiger partial charge in [0.2, 0.25) is 10.0 Å². The first-order valence-corrected chi connectivity index (χ1v) is 13.0. The molecule has 0 amide bonds. The number of benzene rings is 2. The van der Waals surface area contributed by atoms with Crippen LogP contribution in [0.1, 0.15) is 43.2 Å². The second kappa shape index (κ2) is 10.8. The number of likely N-dealkylation sites (tertiary alicyclic amines) is 1. The van der Waals surface area contributed by atoms with E-state index in [1.807, 2.05) is 12.1 Å². The lowest BCUT2D eigenvalue weighted by atomic mass is 9.80. The van der Waals surface area contributed by atoms with E-state index in [1.165, 1.54) is 12.1 Å². The zero-order valence-corrected chi connectivity index (χ0v) is 19.8. The van der Waals surface area contributed by atoms with Crippen molar-refractivity contribution < 1.29 is 26.3 Å². The molecule has 3 rings (SSSR count). The fraction of sp³-hybridized carbons (Fsp3) is 0.500. The SMILES string of the molecule is CCCCN1CC[C@H](c2ccc(NS(C)(=O)=O)cc2)[C@@H](COc2ccc(C(F)(F)F)cc2)C1. The highest BCUT2D eigenvalue weighted by Crippen LogP contribution is 2.35. The molecule has 1 aliphatic heterocycles. The molecular formula is C24H31F3N2O3S. The van der Waals surface area contributed by atoms with Crippen molar-refractivity contribution in [1.29, 1.82) is 0 Å². The van der Waals surface area contributed by atoms with Crippen molar-refractivity contribution in [2.45, 2.75) is 38.3 Å². The van der Waals surface area contributed by atoms with E-state index in [2.05, 4.69) is 16.5 Å². The molecule has 1 aliphatic rings. The van der Waals surface area contributed by atoms with Gasteiger partial charge in [0, 0.05) is 18.2 Å². The molecule has 182 valence electrons. The normalized spacial score (nSPS) is 19.9. The first-order chi connectivity index (χ1) is 15.5. The summed E-state index contributed by atoms with van der Waals surface area (Å²) in [5, 5.41) is 0. The molecule has 9 heteroatoms. The summed E-state index contributed by atoms with van der Waals surface area (Å²) in [6, 6.07) is 12.2. The molecule has 0 saturated carbocycles. The molecule has 1 fully saturated rings. The largest absolute Gasteiger partial charge is 0.493 e. The number of piperidine rings is 1. The van der Waals surface area contributed by atoms with Crippen LogP contribution in [-0.4, -0.2) is 45.8 Å². The quantitative estimate of drug-likeness (QED) is 0.521. The number of unbranched alkanes of at least 4 members (excludes halogenated alkanes) is 1. The molecule has 0 aromatic heterocycles. The zero-order valence-electron chi connectivity index (χ0n) is 18.9. The monoisotopic (exact) mass is 484 g/mol. The Morgan fingerprint density at radius 3 is 2.33 bits per heavy atom. The maximum absolute atomic E-state index is 12.8. The lowest BCUT2D eigenvalue weighted by Gasteiger charge is -2.39. The Bertz CT molecular complexity index is 993. The van der Waals surface area contributed by atoms with Gasteiger partial charge in [0.1, 0.15) is 5.75 Å². The van der Waals surface area contributed by atoms with Gasteiger partial charge in [-0.2, -0.15) is 13.2 Å². The van der Waals surface area contributed by atoms with E-state index >= 15 is 0 Å². The number of anilines is 1. The molecule has 2 atom stereocenters. The van der Waals surface area contributed by atoms with Gasteiger partial charge in [0.15, 0.2) is 0 Å². The summed E-state index contributed by atoms with van der Waals surface area (Å²) in [4.78, 5) is 2.42. The number of ether oxygens (including phenoxy) is 1. The highest BCUT2D eigenvalue weighted by atomic mass is 32.2. The highest BCUT2D eigenvalue weighted by molar-refractivity contribution is 7.92. The first kappa shape index (κ1) is 25.4. The zero-order chi connectivity index (χ0) is 24.1. The van der Waals surface area contributed by atoms with E-state index in [0.29, 0.717) is 18.0 Å². The number of sulfonamides is 1. The first-order valence-electron chi connectivity index (χ1n) is 11.2. The number of alkyl halides is 3. The predicted molar refractivity (Wildman–Crippen MR) is 124 cm³/mol. The fourth-order valence-electron chi connectivity index (χ4n) is 4.26. The summed E-state index contributed by atoms with van der Waals surface area (Å²) in [7, 11) is -3.34. The van der Waals surface area contributed by atoms with E-state index in [0.717, 1.165) is 62.8 Å². The number of hydrogen-bond donors (Lipinski definition) is 1. The molecule has 0 unspecified atom stereocenters. The minimum absolute atomic E-state index is 0.159. The summed E-state index contributed by atoms with van der Waals surface area (Å²) in [5.74, 6) is 0.788. The van der Waals surface area contributed by atoms with Crippen molar-refractivity contribution in [3.8, 4) is 5.75 Å². The number of nitrogens with one attached hydrogen (secondary N) is 1. The maximum atomic E-state index is 12.8. The molecule has 33 heavy (non-hydrogen) atoms. The molecule has 2 aromatic carbocycles. The summed E-state index contributed by atoms with van der Waals surface area (Å²) < 4.78 is 69.8. The Morgan fingerprint density at radius 2 is 1.76 bits per heavy atom. The van der Waals surface area contributed by atoms with Gasteiger partial charge in [-0.1, -0.05) is 25.5 Å². The Labute approximate surface area is 194 Å².